The van der Waals surface area contributed by atoms with Gasteiger partial charge in [0, 0.05) is 5.02 Å². The molecule has 1 rings (SSSR count). The van der Waals surface area contributed by atoms with E-state index in [2.05, 4.69) is 0 Å². The lowest BCUT2D eigenvalue weighted by Gasteiger charge is -2.12. The zero-order valence-corrected chi connectivity index (χ0v) is 8.64. The minimum absolute atomic E-state index is 0.0427. The number of hydrogen-bond donors (Lipinski definition) is 1. The molecule has 0 aromatic heterocycles. The van der Waals surface area contributed by atoms with E-state index < -0.39 is 0 Å². The molecule has 0 amide bonds. The van der Waals surface area contributed by atoms with Crippen molar-refractivity contribution in [1.29, 1.82) is 0 Å². The molecule has 0 radical (unpaired) electrons. The van der Waals surface area contributed by atoms with Gasteiger partial charge in [-0.2, -0.15) is 0 Å². The van der Waals surface area contributed by atoms with Crippen molar-refractivity contribution in [3.05, 3.63) is 28.2 Å². The molecule has 0 heterocycles. The molecule has 0 aliphatic rings. The standard InChI is InChI=1S/C9H10Cl2O2/c1-6(5-12)13-9-3-2-7(10)4-8(9)11/h2-4,6,12H,5H2,1H3. The maximum Gasteiger partial charge on any atom is 0.138 e. The molecule has 1 unspecified atom stereocenters. The smallest absolute Gasteiger partial charge is 0.138 e. The summed E-state index contributed by atoms with van der Waals surface area (Å²) in [5, 5.41) is 9.76. The fraction of sp³-hybridized carbons (Fsp3) is 0.333. The minimum Gasteiger partial charge on any atom is -0.487 e. The third-order valence-electron chi connectivity index (χ3n) is 1.48. The van der Waals surface area contributed by atoms with Crippen molar-refractivity contribution in [2.45, 2.75) is 13.0 Å². The molecule has 13 heavy (non-hydrogen) atoms. The molecule has 0 saturated heterocycles. The van der Waals surface area contributed by atoms with Gasteiger partial charge in [0.25, 0.3) is 0 Å². The average Bonchev–Trinajstić information content (AvgIpc) is 2.09. The number of rotatable bonds is 3. The van der Waals surface area contributed by atoms with Crippen molar-refractivity contribution >= 4 is 23.2 Å². The van der Waals surface area contributed by atoms with Gasteiger partial charge in [-0.05, 0) is 25.1 Å². The summed E-state index contributed by atoms with van der Waals surface area (Å²) in [6, 6.07) is 4.96. The summed E-state index contributed by atoms with van der Waals surface area (Å²) in [6.45, 7) is 1.71. The van der Waals surface area contributed by atoms with E-state index in [9.17, 15) is 0 Å². The lowest BCUT2D eigenvalue weighted by atomic mass is 10.3. The van der Waals surface area contributed by atoms with Gasteiger partial charge < -0.3 is 9.84 Å². The average molecular weight is 221 g/mol. The molecule has 0 bridgehead atoms. The van der Waals surface area contributed by atoms with E-state index in [4.69, 9.17) is 33.0 Å². The van der Waals surface area contributed by atoms with Crippen LogP contribution in [-0.4, -0.2) is 17.8 Å². The highest BCUT2D eigenvalue weighted by Gasteiger charge is 2.06. The first-order chi connectivity index (χ1) is 6.13. The summed E-state index contributed by atoms with van der Waals surface area (Å²) in [5.41, 5.74) is 0. The van der Waals surface area contributed by atoms with Crippen LogP contribution in [0.25, 0.3) is 0 Å². The number of aliphatic hydroxyl groups excluding tert-OH is 1. The Hall–Kier alpha value is -0.440. The van der Waals surface area contributed by atoms with Crippen LogP contribution in [-0.2, 0) is 0 Å². The van der Waals surface area contributed by atoms with Crippen molar-refractivity contribution in [2.75, 3.05) is 6.61 Å². The van der Waals surface area contributed by atoms with Crippen LogP contribution in [0.1, 0.15) is 6.92 Å². The summed E-state index contributed by atoms with van der Waals surface area (Å²) in [6.07, 6.45) is -0.265. The Morgan fingerprint density at radius 1 is 1.46 bits per heavy atom. The number of benzene rings is 1. The fourth-order valence-corrected chi connectivity index (χ4v) is 1.28. The number of aliphatic hydroxyl groups is 1. The summed E-state index contributed by atoms with van der Waals surface area (Å²) in [7, 11) is 0. The second-order valence-electron chi connectivity index (χ2n) is 2.69. The Kier molecular flexibility index (Phi) is 3.85. The predicted molar refractivity (Wildman–Crippen MR) is 53.6 cm³/mol. The van der Waals surface area contributed by atoms with Gasteiger partial charge in [0.05, 0.1) is 11.6 Å². The van der Waals surface area contributed by atoms with E-state index in [0.717, 1.165) is 0 Å². The largest absolute Gasteiger partial charge is 0.487 e. The first-order valence-corrected chi connectivity index (χ1v) is 4.61. The van der Waals surface area contributed by atoms with Crippen LogP contribution in [0.4, 0.5) is 0 Å². The lowest BCUT2D eigenvalue weighted by Crippen LogP contribution is -2.16. The maximum atomic E-state index is 8.75. The molecule has 2 nitrogen and oxygen atoms in total. The molecule has 72 valence electrons. The van der Waals surface area contributed by atoms with Gasteiger partial charge >= 0.3 is 0 Å². The molecule has 1 atom stereocenters. The Labute approximate surface area is 87.0 Å². The highest BCUT2D eigenvalue weighted by Crippen LogP contribution is 2.28. The summed E-state index contributed by atoms with van der Waals surface area (Å²) in [5.74, 6) is 0.535. The van der Waals surface area contributed by atoms with E-state index >= 15 is 0 Å². The van der Waals surface area contributed by atoms with E-state index in [-0.39, 0.29) is 12.7 Å². The van der Waals surface area contributed by atoms with Gasteiger partial charge in [0.2, 0.25) is 0 Å². The monoisotopic (exact) mass is 220 g/mol. The number of ether oxygens (including phenoxy) is 1. The molecular formula is C9H10Cl2O2. The molecule has 0 aliphatic carbocycles. The summed E-state index contributed by atoms with van der Waals surface area (Å²) < 4.78 is 5.31. The Morgan fingerprint density at radius 3 is 2.69 bits per heavy atom. The highest BCUT2D eigenvalue weighted by molar-refractivity contribution is 6.35. The predicted octanol–water partition coefficient (Wildman–Crippen LogP) is 2.75. The van der Waals surface area contributed by atoms with Crippen LogP contribution < -0.4 is 4.74 Å². The zero-order chi connectivity index (χ0) is 9.84. The molecule has 0 saturated carbocycles. The molecule has 0 aliphatic heterocycles. The second kappa shape index (κ2) is 4.70. The summed E-state index contributed by atoms with van der Waals surface area (Å²) >= 11 is 11.5. The van der Waals surface area contributed by atoms with Crippen molar-refractivity contribution < 1.29 is 9.84 Å². The second-order valence-corrected chi connectivity index (χ2v) is 3.53. The van der Waals surface area contributed by atoms with Crippen molar-refractivity contribution in [1.82, 2.24) is 0 Å². The molecule has 1 aromatic carbocycles. The molecule has 0 fully saturated rings. The molecule has 0 spiro atoms. The first kappa shape index (κ1) is 10.6. The van der Waals surface area contributed by atoms with E-state index in [1.165, 1.54) is 0 Å². The van der Waals surface area contributed by atoms with Gasteiger partial charge in [0.1, 0.15) is 11.9 Å². The van der Waals surface area contributed by atoms with Gasteiger partial charge in [-0.15, -0.1) is 0 Å². The van der Waals surface area contributed by atoms with E-state index in [0.29, 0.717) is 15.8 Å². The van der Waals surface area contributed by atoms with Gasteiger partial charge in [-0.3, -0.25) is 0 Å². The number of halogens is 2. The third kappa shape index (κ3) is 3.07. The third-order valence-corrected chi connectivity index (χ3v) is 2.01. The van der Waals surface area contributed by atoms with E-state index in [1.807, 2.05) is 0 Å². The van der Waals surface area contributed by atoms with E-state index in [1.54, 1.807) is 25.1 Å². The van der Waals surface area contributed by atoms with Crippen LogP contribution in [0.15, 0.2) is 18.2 Å². The van der Waals surface area contributed by atoms with Crippen molar-refractivity contribution in [3.63, 3.8) is 0 Å². The molecular weight excluding hydrogens is 211 g/mol. The fourth-order valence-electron chi connectivity index (χ4n) is 0.825. The molecule has 1 aromatic rings. The molecule has 1 N–H and O–H groups in total. The normalized spacial score (nSPS) is 12.6. The zero-order valence-electron chi connectivity index (χ0n) is 7.13. The highest BCUT2D eigenvalue weighted by atomic mass is 35.5. The Bertz CT molecular complexity index is 289. The van der Waals surface area contributed by atoms with Gasteiger partial charge in [-0.25, -0.2) is 0 Å². The van der Waals surface area contributed by atoms with Crippen molar-refractivity contribution in [3.8, 4) is 5.75 Å². The van der Waals surface area contributed by atoms with Crippen molar-refractivity contribution in [2.24, 2.45) is 0 Å². The van der Waals surface area contributed by atoms with Crippen LogP contribution in [0.2, 0.25) is 10.0 Å². The quantitative estimate of drug-likeness (QED) is 0.850. The van der Waals surface area contributed by atoms with Crippen LogP contribution in [0, 0.1) is 0 Å². The molecule has 4 heteroatoms. The van der Waals surface area contributed by atoms with Gasteiger partial charge in [0.15, 0.2) is 0 Å². The van der Waals surface area contributed by atoms with Crippen LogP contribution in [0.5, 0.6) is 5.75 Å². The Morgan fingerprint density at radius 2 is 2.15 bits per heavy atom. The number of hydrogen-bond acceptors (Lipinski definition) is 2. The van der Waals surface area contributed by atoms with Crippen LogP contribution >= 0.6 is 23.2 Å². The van der Waals surface area contributed by atoms with Crippen LogP contribution in [0.3, 0.4) is 0 Å². The van der Waals surface area contributed by atoms with Gasteiger partial charge in [-0.1, -0.05) is 23.2 Å². The lowest BCUT2D eigenvalue weighted by molar-refractivity contribution is 0.130. The topological polar surface area (TPSA) is 29.5 Å². The first-order valence-electron chi connectivity index (χ1n) is 3.86. The SMILES string of the molecule is CC(CO)Oc1ccc(Cl)cc1Cl. The minimum atomic E-state index is -0.265. The summed E-state index contributed by atoms with van der Waals surface area (Å²) in [4.78, 5) is 0. The maximum absolute atomic E-state index is 8.75. The Balaban J connectivity index is 2.77.